The van der Waals surface area contributed by atoms with Gasteiger partial charge in [-0.05, 0) is 59.9 Å². The molecule has 0 spiro atoms. The molecule has 0 aliphatic carbocycles. The van der Waals surface area contributed by atoms with E-state index < -0.39 is 27.3 Å². The third kappa shape index (κ3) is 4.71. The second-order valence-corrected chi connectivity index (χ2v) is 10.6. The molecule has 4 rings (SSSR count). The monoisotopic (exact) mass is 476 g/mol. The molecule has 1 fully saturated rings. The fourth-order valence-corrected chi connectivity index (χ4v) is 5.73. The summed E-state index contributed by atoms with van der Waals surface area (Å²) in [5.41, 5.74) is 3.20. The van der Waals surface area contributed by atoms with Crippen LogP contribution in [-0.4, -0.2) is 43.8 Å². The van der Waals surface area contributed by atoms with Gasteiger partial charge in [0.05, 0.1) is 4.90 Å². The van der Waals surface area contributed by atoms with Crippen LogP contribution in [0.25, 0.3) is 11.0 Å². The minimum atomic E-state index is -3.92. The Morgan fingerprint density at radius 3 is 2.33 bits per heavy atom. The van der Waals surface area contributed by atoms with Crippen LogP contribution in [0.2, 0.25) is 0 Å². The van der Waals surface area contributed by atoms with E-state index in [1.54, 1.807) is 0 Å². The Hall–Kier alpha value is -2.62. The quantitative estimate of drug-likeness (QED) is 0.521. The molecule has 9 heteroatoms. The van der Waals surface area contributed by atoms with Gasteiger partial charge in [-0.15, -0.1) is 0 Å². The summed E-state index contributed by atoms with van der Waals surface area (Å²) in [6.07, 6.45) is 0. The van der Waals surface area contributed by atoms with Gasteiger partial charge in [0.1, 0.15) is 5.58 Å². The van der Waals surface area contributed by atoms with Crippen LogP contribution in [0.5, 0.6) is 0 Å². The summed E-state index contributed by atoms with van der Waals surface area (Å²) in [5, 5.41) is 0.876. The van der Waals surface area contributed by atoms with Gasteiger partial charge in [-0.1, -0.05) is 13.8 Å². The van der Waals surface area contributed by atoms with Crippen LogP contribution < -0.4 is 5.63 Å². The molecule has 33 heavy (non-hydrogen) atoms. The Labute approximate surface area is 191 Å². The topological polar surface area (TPSA) is 70.8 Å². The average Bonchev–Trinajstić information content (AvgIpc) is 2.75. The summed E-state index contributed by atoms with van der Waals surface area (Å²) >= 11 is 0. The summed E-state index contributed by atoms with van der Waals surface area (Å²) in [6, 6.07) is 8.05. The SMILES string of the molecule is Cc1cc2oc(=O)cc(CN3CCN(S(=O)(=O)c4ccc(F)c(F)c4)CC3)c2cc1C(C)C. The van der Waals surface area contributed by atoms with Crippen LogP contribution in [0, 0.1) is 18.6 Å². The molecule has 3 aromatic rings. The molecule has 6 nitrogen and oxygen atoms in total. The minimum Gasteiger partial charge on any atom is -0.423 e. The first kappa shape index (κ1) is 23.5. The van der Waals surface area contributed by atoms with Crippen LogP contribution in [0.4, 0.5) is 8.78 Å². The van der Waals surface area contributed by atoms with Crippen molar-refractivity contribution in [1.82, 2.24) is 9.21 Å². The number of benzene rings is 2. The van der Waals surface area contributed by atoms with Crippen molar-refractivity contribution in [3.05, 3.63) is 75.1 Å². The first-order valence-electron chi connectivity index (χ1n) is 10.8. The molecule has 1 aliphatic heterocycles. The van der Waals surface area contributed by atoms with Crippen LogP contribution in [0.1, 0.15) is 36.5 Å². The lowest BCUT2D eigenvalue weighted by Gasteiger charge is -2.34. The molecule has 0 saturated carbocycles. The number of aryl methyl sites for hydroxylation is 1. The molecule has 2 heterocycles. The number of halogens is 2. The molecular weight excluding hydrogens is 450 g/mol. The van der Waals surface area contributed by atoms with Crippen LogP contribution in [0.15, 0.2) is 50.5 Å². The number of rotatable bonds is 5. The molecule has 2 aromatic carbocycles. The van der Waals surface area contributed by atoms with Crippen molar-refractivity contribution in [2.75, 3.05) is 26.2 Å². The van der Waals surface area contributed by atoms with E-state index in [2.05, 4.69) is 24.8 Å². The molecule has 0 radical (unpaired) electrons. The maximum Gasteiger partial charge on any atom is 0.336 e. The second kappa shape index (κ2) is 8.96. The van der Waals surface area contributed by atoms with E-state index in [4.69, 9.17) is 4.42 Å². The molecule has 0 unspecified atom stereocenters. The molecule has 0 bridgehead atoms. The maximum absolute atomic E-state index is 13.5. The Morgan fingerprint density at radius 2 is 1.70 bits per heavy atom. The van der Waals surface area contributed by atoms with Gasteiger partial charge in [-0.3, -0.25) is 4.90 Å². The maximum atomic E-state index is 13.5. The van der Waals surface area contributed by atoms with E-state index in [0.29, 0.717) is 37.2 Å². The largest absolute Gasteiger partial charge is 0.423 e. The summed E-state index contributed by atoms with van der Waals surface area (Å²) in [5.74, 6) is -1.96. The normalized spacial score (nSPS) is 16.1. The molecule has 0 amide bonds. The van der Waals surface area contributed by atoms with Gasteiger partial charge in [0, 0.05) is 44.2 Å². The van der Waals surface area contributed by atoms with Crippen LogP contribution >= 0.6 is 0 Å². The molecule has 1 aromatic heterocycles. The molecule has 176 valence electrons. The lowest BCUT2D eigenvalue weighted by molar-refractivity contribution is 0.182. The van der Waals surface area contributed by atoms with Gasteiger partial charge in [0.2, 0.25) is 10.0 Å². The summed E-state index contributed by atoms with van der Waals surface area (Å²) in [7, 11) is -3.92. The number of nitrogens with zero attached hydrogens (tertiary/aromatic N) is 2. The average molecular weight is 477 g/mol. The van der Waals surface area contributed by atoms with Crippen molar-refractivity contribution in [2.24, 2.45) is 0 Å². The molecule has 1 aliphatic rings. The van der Waals surface area contributed by atoms with Gasteiger partial charge in [-0.2, -0.15) is 4.31 Å². The van der Waals surface area contributed by atoms with Gasteiger partial charge < -0.3 is 4.42 Å². The number of hydrogen-bond donors (Lipinski definition) is 0. The van der Waals surface area contributed by atoms with Crippen molar-refractivity contribution in [3.8, 4) is 0 Å². The third-order valence-corrected chi connectivity index (χ3v) is 7.99. The number of hydrogen-bond acceptors (Lipinski definition) is 5. The van der Waals surface area contributed by atoms with E-state index in [9.17, 15) is 22.0 Å². The first-order chi connectivity index (χ1) is 15.6. The van der Waals surface area contributed by atoms with E-state index in [1.807, 2.05) is 13.0 Å². The number of piperazine rings is 1. The van der Waals surface area contributed by atoms with Gasteiger partial charge in [-0.25, -0.2) is 22.0 Å². The highest BCUT2D eigenvalue weighted by Gasteiger charge is 2.29. The highest BCUT2D eigenvalue weighted by Crippen LogP contribution is 2.28. The molecule has 1 saturated heterocycles. The molecule has 0 atom stereocenters. The van der Waals surface area contributed by atoms with E-state index in [-0.39, 0.29) is 18.0 Å². The lowest BCUT2D eigenvalue weighted by atomic mass is 9.95. The minimum absolute atomic E-state index is 0.205. The van der Waals surface area contributed by atoms with Gasteiger partial charge >= 0.3 is 5.63 Å². The third-order valence-electron chi connectivity index (χ3n) is 6.09. The number of fused-ring (bicyclic) bond motifs is 1. The predicted octanol–water partition coefficient (Wildman–Crippen LogP) is 4.01. The van der Waals surface area contributed by atoms with Crippen molar-refractivity contribution in [3.63, 3.8) is 0 Å². The zero-order chi connectivity index (χ0) is 23.9. The standard InChI is InChI=1S/C24H26F2N2O4S/c1-15(2)19-13-20-17(11-24(29)32-23(20)10-16(19)3)14-27-6-8-28(9-7-27)33(30,31)18-4-5-21(25)22(26)12-18/h4-5,10-13,15H,6-9,14H2,1-3H3. The van der Waals surface area contributed by atoms with E-state index >= 15 is 0 Å². The van der Waals surface area contributed by atoms with Crippen molar-refractivity contribution < 1.29 is 21.6 Å². The second-order valence-electron chi connectivity index (χ2n) is 8.71. The van der Waals surface area contributed by atoms with Gasteiger partial charge in [0.15, 0.2) is 11.6 Å². The molecular formula is C24H26F2N2O4S. The Balaban J connectivity index is 1.54. The predicted molar refractivity (Wildman–Crippen MR) is 122 cm³/mol. The number of sulfonamides is 1. The summed E-state index contributed by atoms with van der Waals surface area (Å²) < 4.78 is 59.1. The van der Waals surface area contributed by atoms with Crippen LogP contribution in [0.3, 0.4) is 0 Å². The van der Waals surface area contributed by atoms with E-state index in [1.165, 1.54) is 15.9 Å². The van der Waals surface area contributed by atoms with E-state index in [0.717, 1.165) is 28.6 Å². The van der Waals surface area contributed by atoms with Crippen molar-refractivity contribution in [2.45, 2.75) is 38.1 Å². The zero-order valence-corrected chi connectivity index (χ0v) is 19.6. The summed E-state index contributed by atoms with van der Waals surface area (Å²) in [6.45, 7) is 7.98. The van der Waals surface area contributed by atoms with Crippen molar-refractivity contribution >= 4 is 21.0 Å². The highest BCUT2D eigenvalue weighted by molar-refractivity contribution is 7.89. The Bertz CT molecular complexity index is 1360. The smallest absolute Gasteiger partial charge is 0.336 e. The lowest BCUT2D eigenvalue weighted by Crippen LogP contribution is -2.48. The van der Waals surface area contributed by atoms with Gasteiger partial charge in [0.25, 0.3) is 0 Å². The van der Waals surface area contributed by atoms with Crippen molar-refractivity contribution in [1.29, 1.82) is 0 Å². The zero-order valence-electron chi connectivity index (χ0n) is 18.8. The highest BCUT2D eigenvalue weighted by atomic mass is 32.2. The first-order valence-corrected chi connectivity index (χ1v) is 12.2. The fraction of sp³-hybridized carbons (Fsp3) is 0.375. The summed E-state index contributed by atoms with van der Waals surface area (Å²) in [4.78, 5) is 13.9. The Kier molecular flexibility index (Phi) is 6.39. The Morgan fingerprint density at radius 1 is 1.00 bits per heavy atom. The molecule has 0 N–H and O–H groups in total. The van der Waals surface area contributed by atoms with Crippen LogP contribution in [-0.2, 0) is 16.6 Å². The fourth-order valence-electron chi connectivity index (χ4n) is 4.30.